The van der Waals surface area contributed by atoms with Crippen molar-refractivity contribution in [3.05, 3.63) is 29.3 Å². The molecule has 0 bridgehead atoms. The number of aromatic hydroxyl groups is 1. The van der Waals surface area contributed by atoms with Crippen molar-refractivity contribution >= 4 is 5.97 Å². The summed E-state index contributed by atoms with van der Waals surface area (Å²) in [5.41, 5.74) is 1.41. The third kappa shape index (κ3) is 2.93. The maximum atomic E-state index is 12.2. The molecule has 3 fully saturated rings. The third-order valence-corrected chi connectivity index (χ3v) is 6.64. The van der Waals surface area contributed by atoms with Gasteiger partial charge in [0, 0.05) is 44.7 Å². The molecule has 0 spiro atoms. The number of fused-ring (bicyclic) bond motifs is 1. The molecule has 5 heteroatoms. The first-order valence-electron chi connectivity index (χ1n) is 9.46. The minimum atomic E-state index is -0.623. The minimum absolute atomic E-state index is 0.226. The molecule has 2 N–H and O–H groups in total. The van der Waals surface area contributed by atoms with Crippen molar-refractivity contribution in [1.82, 2.24) is 9.80 Å². The highest BCUT2D eigenvalue weighted by Crippen LogP contribution is 2.45. The normalized spacial score (nSPS) is 30.8. The van der Waals surface area contributed by atoms with Crippen LogP contribution in [-0.2, 0) is 11.3 Å². The minimum Gasteiger partial charge on any atom is -0.508 e. The molecular weight excluding hydrogens is 316 g/mol. The summed E-state index contributed by atoms with van der Waals surface area (Å²) >= 11 is 0. The van der Waals surface area contributed by atoms with Gasteiger partial charge in [-0.2, -0.15) is 0 Å². The van der Waals surface area contributed by atoms with Gasteiger partial charge in [0.15, 0.2) is 0 Å². The van der Waals surface area contributed by atoms with Crippen LogP contribution in [0.5, 0.6) is 5.75 Å². The lowest BCUT2D eigenvalue weighted by atomic mass is 9.81. The molecule has 1 saturated carbocycles. The Hall–Kier alpha value is -1.59. The van der Waals surface area contributed by atoms with E-state index in [9.17, 15) is 15.0 Å². The molecule has 2 saturated heterocycles. The quantitative estimate of drug-likeness (QED) is 0.878. The number of nitrogens with zero attached hydrogens (tertiary/aromatic N) is 2. The average molecular weight is 344 g/mol. The maximum absolute atomic E-state index is 12.2. The van der Waals surface area contributed by atoms with Gasteiger partial charge in [-0.15, -0.1) is 0 Å². The van der Waals surface area contributed by atoms with Crippen molar-refractivity contribution < 1.29 is 15.0 Å². The molecule has 2 heterocycles. The molecule has 0 radical (unpaired) electrons. The SMILES string of the molecule is Cc1cc(CN2C[C@H]3CN(C4CCCC4)C[C@@]3(C(=O)O)C2)ccc1O. The van der Waals surface area contributed by atoms with Crippen molar-refractivity contribution in [2.45, 2.75) is 45.2 Å². The van der Waals surface area contributed by atoms with E-state index >= 15 is 0 Å². The second-order valence-electron chi connectivity index (χ2n) is 8.32. The molecule has 1 aromatic carbocycles. The first-order chi connectivity index (χ1) is 12.0. The Labute approximate surface area is 149 Å². The van der Waals surface area contributed by atoms with Gasteiger partial charge in [0.05, 0.1) is 5.41 Å². The molecule has 2 aliphatic heterocycles. The van der Waals surface area contributed by atoms with E-state index in [0.29, 0.717) is 24.9 Å². The van der Waals surface area contributed by atoms with Crippen LogP contribution in [0.2, 0.25) is 0 Å². The summed E-state index contributed by atoms with van der Waals surface area (Å²) < 4.78 is 0. The highest BCUT2D eigenvalue weighted by Gasteiger charge is 2.58. The van der Waals surface area contributed by atoms with Gasteiger partial charge in [-0.1, -0.05) is 25.0 Å². The molecule has 0 unspecified atom stereocenters. The first kappa shape index (κ1) is 16.9. The second-order valence-corrected chi connectivity index (χ2v) is 8.32. The molecule has 3 aliphatic rings. The van der Waals surface area contributed by atoms with Crippen LogP contribution in [0.15, 0.2) is 18.2 Å². The molecule has 1 aliphatic carbocycles. The second kappa shape index (κ2) is 6.29. The number of hydrogen-bond donors (Lipinski definition) is 2. The third-order valence-electron chi connectivity index (χ3n) is 6.64. The van der Waals surface area contributed by atoms with Gasteiger partial charge in [-0.3, -0.25) is 14.6 Å². The summed E-state index contributed by atoms with van der Waals surface area (Å²) in [6, 6.07) is 6.28. The van der Waals surface area contributed by atoms with E-state index in [-0.39, 0.29) is 5.92 Å². The topological polar surface area (TPSA) is 64.0 Å². The fourth-order valence-electron chi connectivity index (χ4n) is 5.25. The predicted octanol–water partition coefficient (Wildman–Crippen LogP) is 2.46. The van der Waals surface area contributed by atoms with Crippen molar-refractivity contribution in [1.29, 1.82) is 0 Å². The van der Waals surface area contributed by atoms with Crippen LogP contribution in [0.25, 0.3) is 0 Å². The van der Waals surface area contributed by atoms with Crippen LogP contribution in [0.4, 0.5) is 0 Å². The zero-order chi connectivity index (χ0) is 17.6. The van der Waals surface area contributed by atoms with Gasteiger partial charge in [-0.25, -0.2) is 0 Å². The zero-order valence-electron chi connectivity index (χ0n) is 14.9. The Balaban J connectivity index is 1.47. The number of aliphatic carboxylic acids is 1. The highest BCUT2D eigenvalue weighted by atomic mass is 16.4. The van der Waals surface area contributed by atoms with Crippen LogP contribution in [0, 0.1) is 18.3 Å². The van der Waals surface area contributed by atoms with E-state index in [1.807, 2.05) is 19.1 Å². The fraction of sp³-hybridized carbons (Fsp3) is 0.650. The number of phenolic OH excluding ortho intramolecular Hbond substituents is 1. The van der Waals surface area contributed by atoms with E-state index in [1.54, 1.807) is 6.07 Å². The molecule has 5 nitrogen and oxygen atoms in total. The van der Waals surface area contributed by atoms with E-state index in [0.717, 1.165) is 30.8 Å². The van der Waals surface area contributed by atoms with Gasteiger partial charge in [0.2, 0.25) is 0 Å². The lowest BCUT2D eigenvalue weighted by Gasteiger charge is -2.28. The van der Waals surface area contributed by atoms with E-state index < -0.39 is 11.4 Å². The number of rotatable bonds is 4. The molecule has 2 atom stereocenters. The number of likely N-dealkylation sites (tertiary alicyclic amines) is 2. The lowest BCUT2D eigenvalue weighted by molar-refractivity contribution is -0.149. The number of hydrogen-bond acceptors (Lipinski definition) is 4. The number of benzene rings is 1. The van der Waals surface area contributed by atoms with E-state index in [2.05, 4.69) is 9.80 Å². The van der Waals surface area contributed by atoms with Crippen LogP contribution >= 0.6 is 0 Å². The van der Waals surface area contributed by atoms with Crippen molar-refractivity contribution in [3.8, 4) is 5.75 Å². The summed E-state index contributed by atoms with van der Waals surface area (Å²) in [5.74, 6) is -0.0811. The highest BCUT2D eigenvalue weighted by molar-refractivity contribution is 5.77. The molecule has 25 heavy (non-hydrogen) atoms. The molecule has 136 valence electrons. The molecule has 1 aromatic rings. The summed E-state index contributed by atoms with van der Waals surface area (Å²) in [4.78, 5) is 16.9. The van der Waals surface area contributed by atoms with Gasteiger partial charge in [-0.05, 0) is 37.0 Å². The Morgan fingerprint density at radius 3 is 2.64 bits per heavy atom. The Kier molecular flexibility index (Phi) is 4.24. The van der Waals surface area contributed by atoms with Gasteiger partial charge >= 0.3 is 5.97 Å². The average Bonchev–Trinajstić information content (AvgIpc) is 3.24. The Bertz CT molecular complexity index is 671. The summed E-state index contributed by atoms with van der Waals surface area (Å²) in [6.07, 6.45) is 5.05. The standard InChI is InChI=1S/C20H28N2O3/c1-14-8-15(6-7-18(14)23)9-21-10-16-11-22(17-4-2-3-5-17)13-20(16,12-21)19(24)25/h6-8,16-17,23H,2-5,9-13H2,1H3,(H,24,25)/t16-,20-/m0/s1. The number of carboxylic acids is 1. The Morgan fingerprint density at radius 1 is 1.24 bits per heavy atom. The van der Waals surface area contributed by atoms with Crippen molar-refractivity contribution in [2.75, 3.05) is 26.2 Å². The van der Waals surface area contributed by atoms with Gasteiger partial charge < -0.3 is 10.2 Å². The lowest BCUT2D eigenvalue weighted by Crippen LogP contribution is -2.42. The number of phenols is 1. The Morgan fingerprint density at radius 2 is 2.00 bits per heavy atom. The van der Waals surface area contributed by atoms with Crippen LogP contribution in [0.1, 0.15) is 36.8 Å². The van der Waals surface area contributed by atoms with Crippen LogP contribution in [0.3, 0.4) is 0 Å². The maximum Gasteiger partial charge on any atom is 0.312 e. The largest absolute Gasteiger partial charge is 0.508 e. The van der Waals surface area contributed by atoms with Crippen LogP contribution < -0.4 is 0 Å². The molecular formula is C20H28N2O3. The van der Waals surface area contributed by atoms with Crippen molar-refractivity contribution in [3.63, 3.8) is 0 Å². The van der Waals surface area contributed by atoms with E-state index in [1.165, 1.54) is 25.7 Å². The molecule has 0 amide bonds. The summed E-state index contributed by atoms with van der Waals surface area (Å²) in [7, 11) is 0. The fourth-order valence-corrected chi connectivity index (χ4v) is 5.25. The molecule has 0 aromatic heterocycles. The monoisotopic (exact) mass is 344 g/mol. The summed E-state index contributed by atoms with van der Waals surface area (Å²) in [5, 5.41) is 19.7. The van der Waals surface area contributed by atoms with Gasteiger partial charge in [0.25, 0.3) is 0 Å². The smallest absolute Gasteiger partial charge is 0.312 e. The van der Waals surface area contributed by atoms with Gasteiger partial charge in [0.1, 0.15) is 5.75 Å². The zero-order valence-corrected chi connectivity index (χ0v) is 14.9. The number of aryl methyl sites for hydroxylation is 1. The van der Waals surface area contributed by atoms with E-state index in [4.69, 9.17) is 0 Å². The van der Waals surface area contributed by atoms with Crippen molar-refractivity contribution in [2.24, 2.45) is 11.3 Å². The van der Waals surface area contributed by atoms with Crippen LogP contribution in [-0.4, -0.2) is 58.2 Å². The predicted molar refractivity (Wildman–Crippen MR) is 95.5 cm³/mol. The number of carboxylic acid groups (broad SMARTS) is 1. The summed E-state index contributed by atoms with van der Waals surface area (Å²) in [6.45, 7) is 5.79. The first-order valence-corrected chi connectivity index (χ1v) is 9.46. The molecule has 4 rings (SSSR count). The number of carbonyl (C=O) groups is 1.